The molecule has 0 aromatic heterocycles. The minimum atomic E-state index is -0.252. The number of hydrogen-bond donors (Lipinski definition) is 2. The summed E-state index contributed by atoms with van der Waals surface area (Å²) < 4.78 is 7.47. The van der Waals surface area contributed by atoms with Crippen LogP contribution in [0.3, 0.4) is 0 Å². The summed E-state index contributed by atoms with van der Waals surface area (Å²) in [6, 6.07) is 19.2. The number of carbonyl (C=O) groups is 1. The van der Waals surface area contributed by atoms with Crippen LogP contribution in [0.15, 0.2) is 69.6 Å². The summed E-state index contributed by atoms with van der Waals surface area (Å²) in [6.45, 7) is 2.49. The van der Waals surface area contributed by atoms with Crippen LogP contribution in [0.25, 0.3) is 0 Å². The van der Waals surface area contributed by atoms with E-state index in [1.807, 2.05) is 61.5 Å². The van der Waals surface area contributed by atoms with Crippen LogP contribution in [0.1, 0.15) is 11.1 Å². The van der Waals surface area contributed by atoms with Crippen molar-refractivity contribution in [3.63, 3.8) is 0 Å². The largest absolute Gasteiger partial charge is 0.483 e. The topological polar surface area (TPSA) is 50.4 Å². The molecule has 3 aromatic carbocycles. The molecule has 0 fully saturated rings. The molecule has 0 bridgehead atoms. The smallest absolute Gasteiger partial charge is 0.262 e. The summed E-state index contributed by atoms with van der Waals surface area (Å²) >= 11 is 13.0. The first-order chi connectivity index (χ1) is 13.9. The summed E-state index contributed by atoms with van der Waals surface area (Å²) in [5.74, 6) is 0.354. The standard InChI is InChI=1S/C22H19Br2ClN2O2/c1-14-2-6-18(11-20(14)25)27-22(28)13-29-21-9-3-15(10-19(21)24)12-26-17-7-4-16(23)5-8-17/h2-11,26H,12-13H2,1H3,(H,27,28). The number of halogens is 3. The molecule has 0 saturated carbocycles. The molecule has 150 valence electrons. The summed E-state index contributed by atoms with van der Waals surface area (Å²) in [6.07, 6.45) is 0. The number of carbonyl (C=O) groups excluding carboxylic acids is 1. The number of hydrogen-bond acceptors (Lipinski definition) is 3. The number of aryl methyl sites for hydroxylation is 1. The lowest BCUT2D eigenvalue weighted by Gasteiger charge is -2.12. The quantitative estimate of drug-likeness (QED) is 0.348. The number of rotatable bonds is 7. The number of anilines is 2. The fraction of sp³-hybridized carbons (Fsp3) is 0.136. The summed E-state index contributed by atoms with van der Waals surface area (Å²) in [4.78, 5) is 12.1. The Morgan fingerprint density at radius 1 is 1.00 bits per heavy atom. The molecule has 0 radical (unpaired) electrons. The van der Waals surface area contributed by atoms with Crippen LogP contribution in [0.4, 0.5) is 11.4 Å². The van der Waals surface area contributed by atoms with Crippen LogP contribution >= 0.6 is 43.5 Å². The SMILES string of the molecule is Cc1ccc(NC(=O)COc2ccc(CNc3ccc(Br)cc3)cc2Br)cc1Cl. The zero-order chi connectivity index (χ0) is 20.8. The first-order valence-electron chi connectivity index (χ1n) is 8.87. The molecule has 3 aromatic rings. The molecular weight excluding hydrogens is 520 g/mol. The van der Waals surface area contributed by atoms with E-state index in [1.165, 1.54) is 0 Å². The predicted octanol–water partition coefficient (Wildman–Crippen LogP) is 6.80. The average Bonchev–Trinajstić information content (AvgIpc) is 2.69. The second-order valence-corrected chi connectivity index (χ2v) is 8.60. The molecule has 3 rings (SSSR count). The van der Waals surface area contributed by atoms with Crippen LogP contribution in [0.2, 0.25) is 5.02 Å². The summed E-state index contributed by atoms with van der Waals surface area (Å²) in [7, 11) is 0. The molecule has 2 N–H and O–H groups in total. The number of benzene rings is 3. The Hall–Kier alpha value is -2.02. The maximum absolute atomic E-state index is 12.1. The molecule has 0 heterocycles. The molecule has 0 aliphatic carbocycles. The Morgan fingerprint density at radius 2 is 1.72 bits per heavy atom. The van der Waals surface area contributed by atoms with E-state index >= 15 is 0 Å². The van der Waals surface area contributed by atoms with E-state index in [2.05, 4.69) is 42.5 Å². The third-order valence-corrected chi connectivity index (χ3v) is 5.71. The van der Waals surface area contributed by atoms with Crippen molar-refractivity contribution in [2.45, 2.75) is 13.5 Å². The number of nitrogens with one attached hydrogen (secondary N) is 2. The fourth-order valence-electron chi connectivity index (χ4n) is 2.55. The molecule has 29 heavy (non-hydrogen) atoms. The minimum absolute atomic E-state index is 0.0966. The maximum atomic E-state index is 12.1. The lowest BCUT2D eigenvalue weighted by molar-refractivity contribution is -0.118. The van der Waals surface area contributed by atoms with Gasteiger partial charge in [0.15, 0.2) is 6.61 Å². The average molecular weight is 539 g/mol. The van der Waals surface area contributed by atoms with E-state index in [4.69, 9.17) is 16.3 Å². The molecular formula is C22H19Br2ClN2O2. The zero-order valence-electron chi connectivity index (χ0n) is 15.6. The van der Waals surface area contributed by atoms with Crippen molar-refractivity contribution < 1.29 is 9.53 Å². The van der Waals surface area contributed by atoms with Crippen molar-refractivity contribution in [1.29, 1.82) is 0 Å². The van der Waals surface area contributed by atoms with Gasteiger partial charge in [-0.1, -0.05) is 39.7 Å². The molecule has 0 atom stereocenters. The highest BCUT2D eigenvalue weighted by molar-refractivity contribution is 9.10. The van der Waals surface area contributed by atoms with Gasteiger partial charge in [-0.3, -0.25) is 4.79 Å². The van der Waals surface area contributed by atoms with Gasteiger partial charge in [0.1, 0.15) is 5.75 Å². The lowest BCUT2D eigenvalue weighted by Crippen LogP contribution is -2.20. The summed E-state index contributed by atoms with van der Waals surface area (Å²) in [5, 5.41) is 6.75. The Labute approximate surface area is 191 Å². The van der Waals surface area contributed by atoms with Crippen molar-refractivity contribution in [2.75, 3.05) is 17.2 Å². The van der Waals surface area contributed by atoms with Crippen molar-refractivity contribution in [3.8, 4) is 5.75 Å². The van der Waals surface area contributed by atoms with Crippen molar-refractivity contribution >= 4 is 60.7 Å². The van der Waals surface area contributed by atoms with Gasteiger partial charge >= 0.3 is 0 Å². The van der Waals surface area contributed by atoms with Gasteiger partial charge in [0, 0.05) is 27.4 Å². The third kappa shape index (κ3) is 6.49. The normalized spacial score (nSPS) is 10.5. The second kappa shape index (κ2) is 10.1. The van der Waals surface area contributed by atoms with Gasteiger partial charge in [0.2, 0.25) is 0 Å². The Balaban J connectivity index is 1.52. The molecule has 0 saturated heterocycles. The van der Waals surface area contributed by atoms with Crippen LogP contribution in [-0.2, 0) is 11.3 Å². The van der Waals surface area contributed by atoms with Crippen molar-refractivity contribution in [3.05, 3.63) is 85.8 Å². The highest BCUT2D eigenvalue weighted by Crippen LogP contribution is 2.27. The Kier molecular flexibility index (Phi) is 7.58. The second-order valence-electron chi connectivity index (χ2n) is 6.43. The predicted molar refractivity (Wildman–Crippen MR) is 126 cm³/mol. The van der Waals surface area contributed by atoms with E-state index in [0.29, 0.717) is 23.0 Å². The minimum Gasteiger partial charge on any atom is -0.483 e. The van der Waals surface area contributed by atoms with E-state index in [-0.39, 0.29) is 12.5 Å². The molecule has 7 heteroatoms. The molecule has 0 aliphatic heterocycles. The summed E-state index contributed by atoms with van der Waals surface area (Å²) in [5.41, 5.74) is 3.73. The van der Waals surface area contributed by atoms with E-state index < -0.39 is 0 Å². The van der Waals surface area contributed by atoms with E-state index in [1.54, 1.807) is 6.07 Å². The van der Waals surface area contributed by atoms with Crippen molar-refractivity contribution in [2.24, 2.45) is 0 Å². The highest BCUT2D eigenvalue weighted by Gasteiger charge is 2.08. The highest BCUT2D eigenvalue weighted by atomic mass is 79.9. The Bertz CT molecular complexity index is 1010. The van der Waals surface area contributed by atoms with Crippen LogP contribution in [-0.4, -0.2) is 12.5 Å². The molecule has 0 aliphatic rings. The van der Waals surface area contributed by atoms with E-state index in [0.717, 1.165) is 25.8 Å². The maximum Gasteiger partial charge on any atom is 0.262 e. The lowest BCUT2D eigenvalue weighted by atomic mass is 10.2. The Morgan fingerprint density at radius 3 is 2.41 bits per heavy atom. The monoisotopic (exact) mass is 536 g/mol. The first-order valence-corrected chi connectivity index (χ1v) is 10.8. The van der Waals surface area contributed by atoms with E-state index in [9.17, 15) is 4.79 Å². The fourth-order valence-corrected chi connectivity index (χ4v) is 3.54. The van der Waals surface area contributed by atoms with Crippen LogP contribution in [0, 0.1) is 6.92 Å². The molecule has 4 nitrogen and oxygen atoms in total. The number of ether oxygens (including phenoxy) is 1. The van der Waals surface area contributed by atoms with Crippen LogP contribution < -0.4 is 15.4 Å². The molecule has 0 unspecified atom stereocenters. The van der Waals surface area contributed by atoms with Gasteiger partial charge in [-0.2, -0.15) is 0 Å². The van der Waals surface area contributed by atoms with Gasteiger partial charge < -0.3 is 15.4 Å². The van der Waals surface area contributed by atoms with Gasteiger partial charge in [-0.15, -0.1) is 0 Å². The molecule has 1 amide bonds. The van der Waals surface area contributed by atoms with Gasteiger partial charge in [0.05, 0.1) is 4.47 Å². The zero-order valence-corrected chi connectivity index (χ0v) is 19.6. The number of amides is 1. The van der Waals surface area contributed by atoms with Gasteiger partial charge in [0.25, 0.3) is 5.91 Å². The first kappa shape index (κ1) is 21.7. The van der Waals surface area contributed by atoms with Gasteiger partial charge in [-0.05, 0) is 82.5 Å². The van der Waals surface area contributed by atoms with Gasteiger partial charge in [-0.25, -0.2) is 0 Å². The van der Waals surface area contributed by atoms with Crippen LogP contribution in [0.5, 0.6) is 5.75 Å². The molecule has 0 spiro atoms. The van der Waals surface area contributed by atoms with Crippen molar-refractivity contribution in [1.82, 2.24) is 0 Å². The third-order valence-electron chi connectivity index (χ3n) is 4.15.